The van der Waals surface area contributed by atoms with E-state index < -0.39 is 15.9 Å². The van der Waals surface area contributed by atoms with E-state index in [4.69, 9.17) is 34.1 Å². The molecule has 0 fully saturated rings. The van der Waals surface area contributed by atoms with Gasteiger partial charge in [0.25, 0.3) is 0 Å². The van der Waals surface area contributed by atoms with Crippen LogP contribution in [0, 0.1) is 5.92 Å². The Morgan fingerprint density at radius 1 is 1.42 bits per heavy atom. The molecular weight excluding hydrogens is 313 g/mol. The summed E-state index contributed by atoms with van der Waals surface area (Å²) in [7, 11) is -3.75. The number of oxime groups is 1. The highest BCUT2D eigenvalue weighted by Crippen LogP contribution is 2.22. The normalized spacial score (nSPS) is 14.4. The zero-order valence-electron chi connectivity index (χ0n) is 9.97. The largest absolute Gasteiger partial charge is 0.409 e. The van der Waals surface area contributed by atoms with E-state index >= 15 is 0 Å². The van der Waals surface area contributed by atoms with Crippen molar-refractivity contribution < 1.29 is 13.6 Å². The third kappa shape index (κ3) is 4.54. The lowest BCUT2D eigenvalue weighted by Crippen LogP contribution is -2.34. The van der Waals surface area contributed by atoms with Crippen LogP contribution < -0.4 is 10.5 Å². The van der Waals surface area contributed by atoms with E-state index in [1.807, 2.05) is 0 Å². The van der Waals surface area contributed by atoms with Gasteiger partial charge in [-0.15, -0.1) is 0 Å². The van der Waals surface area contributed by atoms with Crippen molar-refractivity contribution in [2.75, 3.05) is 6.54 Å². The molecule has 0 aliphatic heterocycles. The molecule has 1 atom stereocenters. The molecule has 4 N–H and O–H groups in total. The van der Waals surface area contributed by atoms with Gasteiger partial charge in [0.1, 0.15) is 5.84 Å². The number of rotatable bonds is 5. The molecule has 0 amide bonds. The molecule has 1 aromatic rings. The van der Waals surface area contributed by atoms with Crippen molar-refractivity contribution >= 4 is 39.1 Å². The third-order valence-electron chi connectivity index (χ3n) is 2.35. The highest BCUT2D eigenvalue weighted by molar-refractivity contribution is 7.89. The van der Waals surface area contributed by atoms with Gasteiger partial charge in [-0.3, -0.25) is 0 Å². The zero-order chi connectivity index (χ0) is 14.6. The number of hydrogen-bond acceptors (Lipinski definition) is 4. The molecule has 0 aliphatic rings. The summed E-state index contributed by atoms with van der Waals surface area (Å²) in [5.74, 6) is -0.513. The van der Waals surface area contributed by atoms with Gasteiger partial charge in [0.05, 0.1) is 4.90 Å². The molecule has 0 saturated carbocycles. The molecule has 0 radical (unpaired) electrons. The van der Waals surface area contributed by atoms with Crippen molar-refractivity contribution in [3.8, 4) is 0 Å². The van der Waals surface area contributed by atoms with Crippen molar-refractivity contribution in [2.45, 2.75) is 11.8 Å². The molecule has 0 heterocycles. The predicted octanol–water partition coefficient (Wildman–Crippen LogP) is 1.65. The van der Waals surface area contributed by atoms with Gasteiger partial charge in [0, 0.05) is 22.5 Å². The Bertz CT molecular complexity index is 569. The van der Waals surface area contributed by atoms with E-state index in [-0.39, 0.29) is 27.3 Å². The van der Waals surface area contributed by atoms with E-state index in [9.17, 15) is 8.42 Å². The molecule has 1 unspecified atom stereocenters. The number of nitrogens with two attached hydrogens (primary N) is 1. The quantitative estimate of drug-likeness (QED) is 0.331. The molecule has 0 aromatic heterocycles. The van der Waals surface area contributed by atoms with Gasteiger partial charge >= 0.3 is 0 Å². The first-order valence-corrected chi connectivity index (χ1v) is 7.43. The Balaban J connectivity index is 2.87. The molecule has 9 heteroatoms. The van der Waals surface area contributed by atoms with Crippen LogP contribution in [0.15, 0.2) is 28.3 Å². The second-order valence-electron chi connectivity index (χ2n) is 3.88. The maximum atomic E-state index is 12.0. The fraction of sp³-hybridized carbons (Fsp3) is 0.300. The summed E-state index contributed by atoms with van der Waals surface area (Å²) >= 11 is 11.5. The first kappa shape index (κ1) is 16.0. The number of sulfonamides is 1. The van der Waals surface area contributed by atoms with E-state index in [1.165, 1.54) is 18.2 Å². The van der Waals surface area contributed by atoms with E-state index in [2.05, 4.69) is 9.88 Å². The zero-order valence-corrected chi connectivity index (χ0v) is 12.3. The van der Waals surface area contributed by atoms with Crippen molar-refractivity contribution in [3.05, 3.63) is 28.2 Å². The van der Waals surface area contributed by atoms with Crippen molar-refractivity contribution in [3.63, 3.8) is 0 Å². The second kappa shape index (κ2) is 6.42. The van der Waals surface area contributed by atoms with Gasteiger partial charge in [-0.05, 0) is 18.2 Å². The SMILES string of the molecule is CC(CNS(=O)(=O)c1cc(Cl)cc(Cl)c1)C(N)=NO. The summed E-state index contributed by atoms with van der Waals surface area (Å²) in [6.45, 7) is 1.60. The summed E-state index contributed by atoms with van der Waals surface area (Å²) in [6.07, 6.45) is 0. The van der Waals surface area contributed by atoms with E-state index in [1.54, 1.807) is 6.92 Å². The number of benzene rings is 1. The number of nitrogens with zero attached hydrogens (tertiary/aromatic N) is 1. The number of nitrogens with one attached hydrogen (secondary N) is 1. The van der Waals surface area contributed by atoms with Gasteiger partial charge < -0.3 is 10.9 Å². The Labute approximate surface area is 121 Å². The lowest BCUT2D eigenvalue weighted by Gasteiger charge is -2.12. The summed E-state index contributed by atoms with van der Waals surface area (Å²) in [5, 5.41) is 11.7. The minimum atomic E-state index is -3.75. The molecular formula is C10H13Cl2N3O3S. The Morgan fingerprint density at radius 2 is 1.95 bits per heavy atom. The minimum absolute atomic E-state index is 0.0115. The van der Waals surface area contributed by atoms with Gasteiger partial charge in [-0.1, -0.05) is 35.3 Å². The van der Waals surface area contributed by atoms with Crippen LogP contribution in [0.4, 0.5) is 0 Å². The van der Waals surface area contributed by atoms with Crippen molar-refractivity contribution in [1.82, 2.24) is 4.72 Å². The third-order valence-corrected chi connectivity index (χ3v) is 4.19. The lowest BCUT2D eigenvalue weighted by atomic mass is 10.2. The molecule has 6 nitrogen and oxygen atoms in total. The molecule has 106 valence electrons. The summed E-state index contributed by atoms with van der Waals surface area (Å²) < 4.78 is 26.3. The lowest BCUT2D eigenvalue weighted by molar-refractivity contribution is 0.314. The highest BCUT2D eigenvalue weighted by Gasteiger charge is 2.17. The van der Waals surface area contributed by atoms with Crippen LogP contribution in [0.25, 0.3) is 0 Å². The fourth-order valence-corrected chi connectivity index (χ4v) is 3.06. The summed E-state index contributed by atoms with van der Waals surface area (Å²) in [6, 6.07) is 4.00. The average molecular weight is 326 g/mol. The van der Waals surface area contributed by atoms with Crippen LogP contribution in [-0.2, 0) is 10.0 Å². The van der Waals surface area contributed by atoms with E-state index in [0.29, 0.717) is 0 Å². The predicted molar refractivity (Wildman–Crippen MR) is 74.2 cm³/mol. The van der Waals surface area contributed by atoms with Crippen molar-refractivity contribution in [2.24, 2.45) is 16.8 Å². The smallest absolute Gasteiger partial charge is 0.240 e. The number of amidine groups is 1. The molecule has 0 aliphatic carbocycles. The first-order chi connectivity index (χ1) is 8.76. The number of halogens is 2. The molecule has 0 bridgehead atoms. The van der Waals surface area contributed by atoms with E-state index in [0.717, 1.165) is 0 Å². The minimum Gasteiger partial charge on any atom is -0.409 e. The maximum absolute atomic E-state index is 12.0. The standard InChI is InChI=1S/C10H13Cl2N3O3S/c1-6(10(13)15-16)5-14-19(17,18)9-3-7(11)2-8(12)4-9/h2-4,6,14,16H,5H2,1H3,(H2,13,15). The molecule has 19 heavy (non-hydrogen) atoms. The fourth-order valence-electron chi connectivity index (χ4n) is 1.20. The van der Waals surface area contributed by atoms with Crippen LogP contribution in [0.5, 0.6) is 0 Å². The average Bonchev–Trinajstić information content (AvgIpc) is 2.33. The second-order valence-corrected chi connectivity index (χ2v) is 6.52. The summed E-state index contributed by atoms with van der Waals surface area (Å²) in [4.78, 5) is -0.0447. The highest BCUT2D eigenvalue weighted by atomic mass is 35.5. The first-order valence-electron chi connectivity index (χ1n) is 5.19. The van der Waals surface area contributed by atoms with Gasteiger partial charge in [-0.25, -0.2) is 13.1 Å². The van der Waals surface area contributed by atoms with Gasteiger partial charge in [0.15, 0.2) is 0 Å². The Morgan fingerprint density at radius 3 is 2.42 bits per heavy atom. The van der Waals surface area contributed by atoms with Gasteiger partial charge in [-0.2, -0.15) is 0 Å². The van der Waals surface area contributed by atoms with Crippen LogP contribution in [0.2, 0.25) is 10.0 Å². The molecule has 0 saturated heterocycles. The van der Waals surface area contributed by atoms with Gasteiger partial charge in [0.2, 0.25) is 10.0 Å². The van der Waals surface area contributed by atoms with Crippen LogP contribution in [-0.4, -0.2) is 26.0 Å². The van der Waals surface area contributed by atoms with Crippen molar-refractivity contribution in [1.29, 1.82) is 0 Å². The molecule has 1 aromatic carbocycles. The Kier molecular flexibility index (Phi) is 5.42. The van der Waals surface area contributed by atoms with Crippen LogP contribution >= 0.6 is 23.2 Å². The summed E-state index contributed by atoms with van der Waals surface area (Å²) in [5.41, 5.74) is 5.36. The topological polar surface area (TPSA) is 105 Å². The maximum Gasteiger partial charge on any atom is 0.240 e. The monoisotopic (exact) mass is 325 g/mol. The molecule has 0 spiro atoms. The van der Waals surface area contributed by atoms with Crippen LogP contribution in [0.1, 0.15) is 6.92 Å². The Hall–Kier alpha value is -1.02. The van der Waals surface area contributed by atoms with Crippen LogP contribution in [0.3, 0.4) is 0 Å². The number of hydrogen-bond donors (Lipinski definition) is 3. The molecule has 1 rings (SSSR count).